The van der Waals surface area contributed by atoms with Gasteiger partial charge in [0.25, 0.3) is 5.91 Å². The van der Waals surface area contributed by atoms with Gasteiger partial charge in [-0.15, -0.1) is 10.2 Å². The van der Waals surface area contributed by atoms with Crippen molar-refractivity contribution >= 4 is 34.5 Å². The highest BCUT2D eigenvalue weighted by Gasteiger charge is 2.17. The average Bonchev–Trinajstić information content (AvgIpc) is 3.22. The second kappa shape index (κ2) is 10.4. The SMILES string of the molecule is Cc1ccc(C)c2c(N=NC(=O)C(=CC=Cc3ccccc3)NC(=O)c3ccccc3)c(O)[nH]c12. The molecular weight excluding hydrogens is 440 g/mol. The molecule has 4 rings (SSSR count). The van der Waals surface area contributed by atoms with Gasteiger partial charge in [-0.1, -0.05) is 72.8 Å². The fourth-order valence-corrected chi connectivity index (χ4v) is 3.59. The predicted octanol–water partition coefficient (Wildman–Crippen LogP) is 6.13. The summed E-state index contributed by atoms with van der Waals surface area (Å²) in [7, 11) is 0. The number of rotatable bonds is 6. The van der Waals surface area contributed by atoms with Crippen molar-refractivity contribution < 1.29 is 14.7 Å². The van der Waals surface area contributed by atoms with Crippen LogP contribution in [0.3, 0.4) is 0 Å². The van der Waals surface area contributed by atoms with Gasteiger partial charge in [-0.3, -0.25) is 9.59 Å². The Bertz CT molecular complexity index is 1470. The fourth-order valence-electron chi connectivity index (χ4n) is 3.59. The molecule has 0 radical (unpaired) electrons. The number of nitrogens with one attached hydrogen (secondary N) is 2. The van der Waals surface area contributed by atoms with Gasteiger partial charge in [0.1, 0.15) is 5.70 Å². The summed E-state index contributed by atoms with van der Waals surface area (Å²) in [6.45, 7) is 3.79. The van der Waals surface area contributed by atoms with Gasteiger partial charge in [0.2, 0.25) is 5.88 Å². The second-order valence-electron chi connectivity index (χ2n) is 7.95. The van der Waals surface area contributed by atoms with Gasteiger partial charge in [-0.25, -0.2) is 0 Å². The minimum Gasteiger partial charge on any atom is -0.493 e. The lowest BCUT2D eigenvalue weighted by Gasteiger charge is -2.06. The molecule has 1 aromatic heterocycles. The zero-order valence-electron chi connectivity index (χ0n) is 19.3. The number of carbonyl (C=O) groups excluding carboxylic acids is 2. The zero-order chi connectivity index (χ0) is 24.8. The van der Waals surface area contributed by atoms with Crippen molar-refractivity contribution in [1.82, 2.24) is 10.3 Å². The summed E-state index contributed by atoms with van der Waals surface area (Å²) in [4.78, 5) is 28.6. The number of hydrogen-bond donors (Lipinski definition) is 3. The van der Waals surface area contributed by atoms with Crippen molar-refractivity contribution in [3.63, 3.8) is 0 Å². The van der Waals surface area contributed by atoms with E-state index in [2.05, 4.69) is 20.5 Å². The molecule has 0 spiro atoms. The first-order chi connectivity index (χ1) is 16.9. The van der Waals surface area contributed by atoms with Crippen LogP contribution in [0.4, 0.5) is 5.69 Å². The molecule has 4 aromatic rings. The molecule has 35 heavy (non-hydrogen) atoms. The number of nitrogens with zero attached hydrogens (tertiary/aromatic N) is 2. The van der Waals surface area contributed by atoms with E-state index >= 15 is 0 Å². The lowest BCUT2D eigenvalue weighted by Crippen LogP contribution is -2.26. The van der Waals surface area contributed by atoms with Crippen molar-refractivity contribution in [1.29, 1.82) is 0 Å². The second-order valence-corrected chi connectivity index (χ2v) is 7.95. The Morgan fingerprint density at radius 2 is 1.57 bits per heavy atom. The van der Waals surface area contributed by atoms with Crippen molar-refractivity contribution in [3.05, 3.63) is 113 Å². The highest BCUT2D eigenvalue weighted by Crippen LogP contribution is 2.38. The molecule has 0 aliphatic rings. The number of fused-ring (bicyclic) bond motifs is 1. The van der Waals surface area contributed by atoms with Crippen molar-refractivity contribution in [2.75, 3.05) is 0 Å². The number of amides is 2. The Balaban J connectivity index is 1.65. The number of azo groups is 1. The van der Waals surface area contributed by atoms with E-state index in [1.54, 1.807) is 42.5 Å². The maximum Gasteiger partial charge on any atom is 0.311 e. The Hall–Kier alpha value is -4.78. The van der Waals surface area contributed by atoms with Gasteiger partial charge in [-0.05, 0) is 48.7 Å². The normalized spacial score (nSPS) is 12.0. The van der Waals surface area contributed by atoms with Crippen LogP contribution in [0, 0.1) is 13.8 Å². The standard InChI is InChI=1S/C28H24N4O3/c1-18-16-17-19(2)24-23(18)25(28(35)30-24)31-32-27(34)22(15-9-12-20-10-5-3-6-11-20)29-26(33)21-13-7-4-8-14-21/h3-17,30,35H,1-2H3,(H,29,33). The van der Waals surface area contributed by atoms with Gasteiger partial charge < -0.3 is 15.4 Å². The van der Waals surface area contributed by atoms with E-state index in [0.29, 0.717) is 10.9 Å². The Morgan fingerprint density at radius 1 is 0.914 bits per heavy atom. The largest absolute Gasteiger partial charge is 0.493 e. The van der Waals surface area contributed by atoms with Gasteiger partial charge in [-0.2, -0.15) is 0 Å². The number of aryl methyl sites for hydroxylation is 2. The molecule has 0 unspecified atom stereocenters. The van der Waals surface area contributed by atoms with Crippen LogP contribution in [0.2, 0.25) is 0 Å². The van der Waals surface area contributed by atoms with E-state index < -0.39 is 11.8 Å². The number of aromatic hydroxyl groups is 1. The van der Waals surface area contributed by atoms with E-state index in [1.807, 2.05) is 56.3 Å². The number of allylic oxidation sites excluding steroid dienone is 2. The molecule has 7 heteroatoms. The molecule has 3 aromatic carbocycles. The van der Waals surface area contributed by atoms with E-state index in [9.17, 15) is 14.7 Å². The quantitative estimate of drug-likeness (QED) is 0.182. The topological polar surface area (TPSA) is 107 Å². The molecule has 0 bridgehead atoms. The average molecular weight is 465 g/mol. The number of aromatic nitrogens is 1. The molecule has 3 N–H and O–H groups in total. The summed E-state index contributed by atoms with van der Waals surface area (Å²) < 4.78 is 0. The maximum absolute atomic E-state index is 13.0. The molecule has 0 saturated heterocycles. The van der Waals surface area contributed by atoms with Crippen molar-refractivity contribution in [3.8, 4) is 5.88 Å². The number of H-pyrrole nitrogens is 1. The number of hydrogen-bond acceptors (Lipinski definition) is 4. The fraction of sp³-hybridized carbons (Fsp3) is 0.0714. The highest BCUT2D eigenvalue weighted by molar-refractivity contribution is 6.03. The lowest BCUT2D eigenvalue weighted by atomic mass is 10.1. The van der Waals surface area contributed by atoms with Crippen LogP contribution in [-0.2, 0) is 4.79 Å². The molecule has 0 atom stereocenters. The van der Waals surface area contributed by atoms with Gasteiger partial charge in [0, 0.05) is 10.9 Å². The third-order valence-electron chi connectivity index (χ3n) is 5.43. The minimum absolute atomic E-state index is 0.0537. The van der Waals surface area contributed by atoms with Crippen molar-refractivity contribution in [2.45, 2.75) is 13.8 Å². The van der Waals surface area contributed by atoms with E-state index in [-0.39, 0.29) is 17.3 Å². The molecule has 0 saturated carbocycles. The smallest absolute Gasteiger partial charge is 0.311 e. The Labute approximate surface area is 202 Å². The van der Waals surface area contributed by atoms with Gasteiger partial charge >= 0.3 is 5.91 Å². The summed E-state index contributed by atoms with van der Waals surface area (Å²) in [5, 5.41) is 21.5. The first-order valence-electron chi connectivity index (χ1n) is 11.0. The van der Waals surface area contributed by atoms with E-state index in [0.717, 1.165) is 22.2 Å². The van der Waals surface area contributed by atoms with Crippen LogP contribution >= 0.6 is 0 Å². The zero-order valence-corrected chi connectivity index (χ0v) is 19.3. The number of benzene rings is 3. The molecule has 0 fully saturated rings. The molecule has 174 valence electrons. The summed E-state index contributed by atoms with van der Waals surface area (Å²) >= 11 is 0. The number of aromatic amines is 1. The summed E-state index contributed by atoms with van der Waals surface area (Å²) in [5.41, 5.74) is 3.97. The van der Waals surface area contributed by atoms with Crippen molar-refractivity contribution in [2.24, 2.45) is 10.2 Å². The summed E-state index contributed by atoms with van der Waals surface area (Å²) in [6, 6.07) is 21.9. The summed E-state index contributed by atoms with van der Waals surface area (Å²) in [5.74, 6) is -1.39. The third-order valence-corrected chi connectivity index (χ3v) is 5.43. The van der Waals surface area contributed by atoms with Crippen LogP contribution in [0.1, 0.15) is 27.0 Å². The number of carbonyl (C=O) groups is 2. The highest BCUT2D eigenvalue weighted by atomic mass is 16.3. The first kappa shape index (κ1) is 23.4. The van der Waals surface area contributed by atoms with E-state index in [4.69, 9.17) is 0 Å². The van der Waals surface area contributed by atoms with Crippen LogP contribution < -0.4 is 5.32 Å². The van der Waals surface area contributed by atoms with Gasteiger partial charge in [0.15, 0.2) is 5.69 Å². The lowest BCUT2D eigenvalue weighted by molar-refractivity contribution is -0.115. The first-order valence-corrected chi connectivity index (χ1v) is 11.0. The predicted molar refractivity (Wildman–Crippen MR) is 136 cm³/mol. The van der Waals surface area contributed by atoms with Crippen LogP contribution in [-0.4, -0.2) is 21.9 Å². The Morgan fingerprint density at radius 3 is 2.29 bits per heavy atom. The molecule has 1 heterocycles. The molecule has 0 aliphatic carbocycles. The molecule has 2 amide bonds. The molecular formula is C28H24N4O3. The van der Waals surface area contributed by atoms with Crippen LogP contribution in [0.15, 0.2) is 101 Å². The minimum atomic E-state index is -0.758. The Kier molecular flexibility index (Phi) is 6.97. The monoisotopic (exact) mass is 464 g/mol. The molecule has 7 nitrogen and oxygen atoms in total. The molecule has 0 aliphatic heterocycles. The van der Waals surface area contributed by atoms with Gasteiger partial charge in [0.05, 0.1) is 5.52 Å². The van der Waals surface area contributed by atoms with Crippen LogP contribution in [0.5, 0.6) is 5.88 Å². The van der Waals surface area contributed by atoms with E-state index in [1.165, 1.54) is 6.08 Å². The summed E-state index contributed by atoms with van der Waals surface area (Å²) in [6.07, 6.45) is 4.93. The third kappa shape index (κ3) is 5.42. The van der Waals surface area contributed by atoms with Crippen LogP contribution in [0.25, 0.3) is 17.0 Å². The maximum atomic E-state index is 13.0.